The maximum Gasteiger partial charge on any atom is 0.234 e. The average Bonchev–Trinajstić information content (AvgIpc) is 2.65. The van der Waals surface area contributed by atoms with Crippen molar-refractivity contribution < 1.29 is 9.59 Å². The molecule has 4 nitrogen and oxygen atoms in total. The fraction of sp³-hybridized carbons (Fsp3) is 0.333. The van der Waals surface area contributed by atoms with Crippen molar-refractivity contribution in [3.8, 4) is 0 Å². The highest BCUT2D eigenvalue weighted by Gasteiger charge is 2.29. The Kier molecular flexibility index (Phi) is 4.98. The number of aryl methyl sites for hydroxylation is 2. The molecule has 5 heteroatoms. The summed E-state index contributed by atoms with van der Waals surface area (Å²) in [5.74, 6) is 1.53. The van der Waals surface area contributed by atoms with Gasteiger partial charge in [-0.1, -0.05) is 30.3 Å². The zero-order valence-corrected chi connectivity index (χ0v) is 15.5. The van der Waals surface area contributed by atoms with E-state index >= 15 is 0 Å². The topological polar surface area (TPSA) is 49.4 Å². The van der Waals surface area contributed by atoms with Crippen molar-refractivity contribution in [2.24, 2.45) is 0 Å². The summed E-state index contributed by atoms with van der Waals surface area (Å²) < 4.78 is 0. The SMILES string of the molecule is O=C(CSCc1ccccc1)Nc1cc2c3c(c1)CCC(=O)N3CCC2. The molecule has 2 heterocycles. The number of amides is 2. The number of carbonyl (C=O) groups is 2. The first kappa shape index (κ1) is 17.2. The van der Waals surface area contributed by atoms with Crippen LogP contribution in [-0.2, 0) is 28.2 Å². The highest BCUT2D eigenvalue weighted by Crippen LogP contribution is 2.37. The lowest BCUT2D eigenvalue weighted by Crippen LogP contribution is -2.39. The van der Waals surface area contributed by atoms with Crippen LogP contribution in [0.4, 0.5) is 11.4 Å². The Morgan fingerprint density at radius 1 is 1.08 bits per heavy atom. The van der Waals surface area contributed by atoms with Crippen molar-refractivity contribution in [3.63, 3.8) is 0 Å². The van der Waals surface area contributed by atoms with Crippen molar-refractivity contribution in [1.29, 1.82) is 0 Å². The van der Waals surface area contributed by atoms with Gasteiger partial charge in [-0.25, -0.2) is 0 Å². The maximum atomic E-state index is 12.3. The molecule has 0 aliphatic carbocycles. The molecule has 0 fully saturated rings. The smallest absolute Gasteiger partial charge is 0.234 e. The molecule has 2 amide bonds. The van der Waals surface area contributed by atoms with E-state index in [4.69, 9.17) is 0 Å². The lowest BCUT2D eigenvalue weighted by molar-refractivity contribution is -0.119. The second-order valence-corrected chi connectivity index (χ2v) is 7.80. The van der Waals surface area contributed by atoms with E-state index in [0.29, 0.717) is 12.2 Å². The molecule has 2 aliphatic rings. The van der Waals surface area contributed by atoms with E-state index < -0.39 is 0 Å². The van der Waals surface area contributed by atoms with Crippen LogP contribution < -0.4 is 10.2 Å². The summed E-state index contributed by atoms with van der Waals surface area (Å²) in [7, 11) is 0. The van der Waals surface area contributed by atoms with Gasteiger partial charge in [0.25, 0.3) is 0 Å². The third-order valence-electron chi connectivity index (χ3n) is 4.90. The Hall–Kier alpha value is -2.27. The molecular formula is C21H22N2O2S. The summed E-state index contributed by atoms with van der Waals surface area (Å²) in [6.07, 6.45) is 3.29. The Morgan fingerprint density at radius 2 is 1.85 bits per heavy atom. The molecule has 0 aromatic heterocycles. The minimum absolute atomic E-state index is 0.0256. The Morgan fingerprint density at radius 3 is 2.65 bits per heavy atom. The van der Waals surface area contributed by atoms with Crippen LogP contribution in [-0.4, -0.2) is 24.1 Å². The zero-order chi connectivity index (χ0) is 17.9. The maximum absolute atomic E-state index is 12.3. The molecule has 2 aromatic carbocycles. The molecule has 0 saturated heterocycles. The summed E-state index contributed by atoms with van der Waals surface area (Å²) in [4.78, 5) is 26.4. The van der Waals surface area contributed by atoms with Crippen LogP contribution in [0.15, 0.2) is 42.5 Å². The van der Waals surface area contributed by atoms with E-state index in [1.807, 2.05) is 35.2 Å². The molecule has 2 aliphatic heterocycles. The molecule has 0 atom stereocenters. The Bertz CT molecular complexity index is 818. The van der Waals surface area contributed by atoms with Gasteiger partial charge in [0.2, 0.25) is 11.8 Å². The van der Waals surface area contributed by atoms with E-state index in [0.717, 1.165) is 42.9 Å². The number of anilines is 2. The van der Waals surface area contributed by atoms with E-state index in [1.165, 1.54) is 16.7 Å². The second kappa shape index (κ2) is 7.54. The fourth-order valence-electron chi connectivity index (χ4n) is 3.76. The van der Waals surface area contributed by atoms with E-state index in [-0.39, 0.29) is 11.8 Å². The molecule has 134 valence electrons. The third-order valence-corrected chi connectivity index (χ3v) is 5.91. The van der Waals surface area contributed by atoms with Crippen LogP contribution in [0.25, 0.3) is 0 Å². The van der Waals surface area contributed by atoms with Gasteiger partial charge < -0.3 is 10.2 Å². The minimum atomic E-state index is 0.0256. The van der Waals surface area contributed by atoms with Gasteiger partial charge in [-0.15, -0.1) is 11.8 Å². The van der Waals surface area contributed by atoms with Crippen molar-refractivity contribution in [2.75, 3.05) is 22.5 Å². The summed E-state index contributed by atoms with van der Waals surface area (Å²) >= 11 is 1.62. The van der Waals surface area contributed by atoms with Gasteiger partial charge in [0.15, 0.2) is 0 Å². The number of carbonyl (C=O) groups excluding carboxylic acids is 2. The summed E-state index contributed by atoms with van der Waals surface area (Å²) in [5, 5.41) is 3.04. The second-order valence-electron chi connectivity index (χ2n) is 6.82. The molecule has 0 saturated carbocycles. The zero-order valence-electron chi connectivity index (χ0n) is 14.7. The van der Waals surface area contributed by atoms with Gasteiger partial charge in [-0.3, -0.25) is 9.59 Å². The van der Waals surface area contributed by atoms with Crippen LogP contribution in [0.1, 0.15) is 29.5 Å². The predicted octanol–water partition coefficient (Wildman–Crippen LogP) is 3.78. The van der Waals surface area contributed by atoms with Crippen LogP contribution in [0.5, 0.6) is 0 Å². The van der Waals surface area contributed by atoms with Gasteiger partial charge in [0, 0.05) is 24.4 Å². The molecule has 2 aromatic rings. The molecule has 1 N–H and O–H groups in total. The molecule has 0 radical (unpaired) electrons. The first-order chi connectivity index (χ1) is 12.7. The average molecular weight is 366 g/mol. The van der Waals surface area contributed by atoms with Crippen molar-refractivity contribution in [2.45, 2.75) is 31.4 Å². The van der Waals surface area contributed by atoms with Crippen LogP contribution in [0.2, 0.25) is 0 Å². The molecule has 4 rings (SSSR count). The summed E-state index contributed by atoms with van der Waals surface area (Å²) in [6, 6.07) is 14.3. The Balaban J connectivity index is 1.41. The van der Waals surface area contributed by atoms with Crippen molar-refractivity contribution in [1.82, 2.24) is 0 Å². The summed E-state index contributed by atoms with van der Waals surface area (Å²) in [6.45, 7) is 0.820. The number of hydrogen-bond acceptors (Lipinski definition) is 3. The third kappa shape index (κ3) is 3.63. The van der Waals surface area contributed by atoms with Gasteiger partial charge in [-0.05, 0) is 48.1 Å². The van der Waals surface area contributed by atoms with E-state index in [9.17, 15) is 9.59 Å². The summed E-state index contributed by atoms with van der Waals surface area (Å²) in [5.41, 5.74) is 5.57. The van der Waals surface area contributed by atoms with Gasteiger partial charge in [0.05, 0.1) is 11.4 Å². The van der Waals surface area contributed by atoms with Gasteiger partial charge >= 0.3 is 0 Å². The highest BCUT2D eigenvalue weighted by atomic mass is 32.2. The first-order valence-corrected chi connectivity index (χ1v) is 10.2. The van der Waals surface area contributed by atoms with Crippen LogP contribution >= 0.6 is 11.8 Å². The number of nitrogens with zero attached hydrogens (tertiary/aromatic N) is 1. The van der Waals surface area contributed by atoms with E-state index in [2.05, 4.69) is 17.4 Å². The number of thioether (sulfide) groups is 1. The lowest BCUT2D eigenvalue weighted by atomic mass is 9.91. The molecule has 0 unspecified atom stereocenters. The molecule has 26 heavy (non-hydrogen) atoms. The van der Waals surface area contributed by atoms with Crippen molar-refractivity contribution in [3.05, 3.63) is 59.2 Å². The molecular weight excluding hydrogens is 344 g/mol. The number of benzene rings is 2. The van der Waals surface area contributed by atoms with E-state index in [1.54, 1.807) is 11.8 Å². The predicted molar refractivity (Wildman–Crippen MR) is 107 cm³/mol. The standard InChI is InChI=1S/C21H22N2O2S/c24-19(14-26-13-15-5-2-1-3-6-15)22-18-11-16-7-4-10-23-20(25)9-8-17(12-18)21(16)23/h1-3,5-6,11-12H,4,7-10,13-14H2,(H,22,24). The monoisotopic (exact) mass is 366 g/mol. The molecule has 0 spiro atoms. The first-order valence-electron chi connectivity index (χ1n) is 9.08. The number of rotatable bonds is 5. The van der Waals surface area contributed by atoms with Crippen molar-refractivity contribution >= 4 is 35.0 Å². The highest BCUT2D eigenvalue weighted by molar-refractivity contribution is 7.99. The molecule has 0 bridgehead atoms. The Labute approximate surface area is 158 Å². The number of nitrogens with one attached hydrogen (secondary N) is 1. The van der Waals surface area contributed by atoms with Gasteiger partial charge in [-0.2, -0.15) is 0 Å². The number of hydrogen-bond donors (Lipinski definition) is 1. The normalized spacial score (nSPS) is 15.5. The van der Waals surface area contributed by atoms with Crippen LogP contribution in [0.3, 0.4) is 0 Å². The largest absolute Gasteiger partial charge is 0.325 e. The van der Waals surface area contributed by atoms with Gasteiger partial charge in [0.1, 0.15) is 0 Å². The van der Waals surface area contributed by atoms with Crippen LogP contribution in [0, 0.1) is 0 Å². The quantitative estimate of drug-likeness (QED) is 0.876. The fourth-order valence-corrected chi connectivity index (χ4v) is 4.55. The minimum Gasteiger partial charge on any atom is -0.325 e. The lowest BCUT2D eigenvalue weighted by Gasteiger charge is -2.35.